The number of aromatic nitrogens is 1. The van der Waals surface area contributed by atoms with Crippen LogP contribution in [0.5, 0.6) is 0 Å². The Hall–Kier alpha value is -3.81. The Morgan fingerprint density at radius 2 is 1.72 bits per heavy atom. The molecule has 0 N–H and O–H groups in total. The van der Waals surface area contributed by atoms with Crippen LogP contribution in [0.2, 0.25) is 0 Å². The van der Waals surface area contributed by atoms with E-state index in [1.54, 1.807) is 42.7 Å². The molecule has 29 heavy (non-hydrogen) atoms. The molecule has 148 valence electrons. The topological polar surface area (TPSA) is 91.4 Å². The van der Waals surface area contributed by atoms with Gasteiger partial charge >= 0.3 is 5.97 Å². The lowest BCUT2D eigenvalue weighted by Crippen LogP contribution is -2.16. The third-order valence-corrected chi connectivity index (χ3v) is 4.48. The van der Waals surface area contributed by atoms with Gasteiger partial charge in [-0.2, -0.15) is 0 Å². The molecule has 8 heteroatoms. The van der Waals surface area contributed by atoms with Crippen molar-refractivity contribution in [2.75, 3.05) is 6.61 Å². The average Bonchev–Trinajstić information content (AvgIpc) is 3.00. The number of nitrogens with zero attached hydrogens (tertiary/aromatic N) is 2. The third-order valence-electron chi connectivity index (χ3n) is 4.48. The van der Waals surface area contributed by atoms with Gasteiger partial charge in [-0.3, -0.25) is 14.9 Å². The molecule has 0 unspecified atom stereocenters. The van der Waals surface area contributed by atoms with Crippen LogP contribution in [0.25, 0.3) is 5.69 Å². The van der Waals surface area contributed by atoms with E-state index in [-0.39, 0.29) is 11.1 Å². The van der Waals surface area contributed by atoms with Crippen molar-refractivity contribution in [3.8, 4) is 5.69 Å². The quantitative estimate of drug-likeness (QED) is 0.270. The first-order valence-corrected chi connectivity index (χ1v) is 8.69. The van der Waals surface area contributed by atoms with E-state index in [1.165, 1.54) is 30.3 Å². The molecular weight excluding hydrogens is 379 g/mol. The highest BCUT2D eigenvalue weighted by Gasteiger charge is 2.23. The van der Waals surface area contributed by atoms with Gasteiger partial charge in [-0.1, -0.05) is 24.3 Å². The molecule has 1 aromatic heterocycles. The zero-order valence-corrected chi connectivity index (χ0v) is 15.7. The van der Waals surface area contributed by atoms with E-state index in [4.69, 9.17) is 4.74 Å². The molecule has 7 nitrogen and oxygen atoms in total. The number of carbonyl (C=O) groups is 2. The maximum Gasteiger partial charge on any atom is 0.345 e. The summed E-state index contributed by atoms with van der Waals surface area (Å²) in [5.41, 5.74) is 1.09. The zero-order chi connectivity index (χ0) is 21.1. The monoisotopic (exact) mass is 396 g/mol. The summed E-state index contributed by atoms with van der Waals surface area (Å²) in [6.45, 7) is 2.80. The number of aryl methyl sites for hydroxylation is 1. The molecule has 0 saturated carbocycles. The van der Waals surface area contributed by atoms with Gasteiger partial charge < -0.3 is 9.30 Å². The largest absolute Gasteiger partial charge is 0.454 e. The van der Waals surface area contributed by atoms with Gasteiger partial charge in [0.05, 0.1) is 10.6 Å². The molecule has 0 radical (unpaired) electrons. The number of esters is 1. The molecule has 1 heterocycles. The molecule has 2 aromatic carbocycles. The number of nitro benzene ring substituents is 1. The van der Waals surface area contributed by atoms with Crippen LogP contribution in [0.3, 0.4) is 0 Å². The van der Waals surface area contributed by atoms with Gasteiger partial charge in [0.25, 0.3) is 5.69 Å². The average molecular weight is 396 g/mol. The summed E-state index contributed by atoms with van der Waals surface area (Å²) < 4.78 is 20.8. The van der Waals surface area contributed by atoms with E-state index in [0.29, 0.717) is 17.1 Å². The highest BCUT2D eigenvalue weighted by molar-refractivity contribution is 6.01. The minimum Gasteiger partial charge on any atom is -0.454 e. The molecule has 3 aromatic rings. The fraction of sp³-hybridized carbons (Fsp3) is 0.143. The van der Waals surface area contributed by atoms with Crippen molar-refractivity contribution in [2.24, 2.45) is 0 Å². The predicted molar refractivity (Wildman–Crippen MR) is 103 cm³/mol. The van der Waals surface area contributed by atoms with E-state index in [1.807, 2.05) is 0 Å². The predicted octanol–water partition coefficient (Wildman–Crippen LogP) is 4.18. The molecule has 0 amide bonds. The molecule has 0 aliphatic rings. The second-order valence-electron chi connectivity index (χ2n) is 6.35. The summed E-state index contributed by atoms with van der Waals surface area (Å²) in [4.78, 5) is 35.1. The van der Waals surface area contributed by atoms with Crippen LogP contribution in [-0.2, 0) is 4.74 Å². The number of Topliss-reactive ketones (excluding diaryl/α,β-unsaturated/α-hetero) is 1. The maximum atomic E-state index is 14.2. The second kappa shape index (κ2) is 8.05. The summed E-state index contributed by atoms with van der Waals surface area (Å²) >= 11 is 0. The Morgan fingerprint density at radius 1 is 1.07 bits per heavy atom. The summed E-state index contributed by atoms with van der Waals surface area (Å²) in [6.07, 6.45) is 0. The summed E-state index contributed by atoms with van der Waals surface area (Å²) in [5, 5.41) is 11.0. The number of carbonyl (C=O) groups excluding carboxylic acids is 2. The first kappa shape index (κ1) is 19.9. The zero-order valence-electron chi connectivity index (χ0n) is 15.7. The van der Waals surface area contributed by atoms with Gasteiger partial charge in [0, 0.05) is 23.0 Å². The molecule has 0 aliphatic carbocycles. The standard InChI is InChI=1S/C21H17FN2O5/c1-13-11-16(14(2)23(13)19-10-6-4-8-17(19)22)20(25)12-29-21(26)15-7-3-5-9-18(15)24(27)28/h3-11H,12H2,1-2H3. The summed E-state index contributed by atoms with van der Waals surface area (Å²) in [7, 11) is 0. The molecule has 0 saturated heterocycles. The van der Waals surface area contributed by atoms with Crippen molar-refractivity contribution in [3.63, 3.8) is 0 Å². The highest BCUT2D eigenvalue weighted by Crippen LogP contribution is 2.24. The highest BCUT2D eigenvalue weighted by atomic mass is 19.1. The summed E-state index contributed by atoms with van der Waals surface area (Å²) in [5.74, 6) is -1.89. The number of rotatable bonds is 6. The van der Waals surface area contributed by atoms with Gasteiger partial charge in [-0.15, -0.1) is 0 Å². The second-order valence-corrected chi connectivity index (χ2v) is 6.35. The fourth-order valence-electron chi connectivity index (χ4n) is 3.14. The molecule has 0 fully saturated rings. The van der Waals surface area contributed by atoms with Gasteiger partial charge in [0.1, 0.15) is 11.4 Å². The van der Waals surface area contributed by atoms with Crippen molar-refractivity contribution in [2.45, 2.75) is 13.8 Å². The van der Waals surface area contributed by atoms with E-state index < -0.39 is 34.8 Å². The minimum absolute atomic E-state index is 0.234. The Balaban J connectivity index is 1.81. The number of halogens is 1. The van der Waals surface area contributed by atoms with E-state index in [2.05, 4.69) is 0 Å². The Morgan fingerprint density at radius 3 is 2.41 bits per heavy atom. The maximum absolute atomic E-state index is 14.2. The number of hydrogen-bond donors (Lipinski definition) is 0. The van der Waals surface area contributed by atoms with Crippen molar-refractivity contribution < 1.29 is 23.6 Å². The van der Waals surface area contributed by atoms with E-state index >= 15 is 0 Å². The molecular formula is C21H17FN2O5. The Bertz CT molecular complexity index is 1120. The molecule has 0 spiro atoms. The van der Waals surface area contributed by atoms with E-state index in [0.717, 1.165) is 0 Å². The van der Waals surface area contributed by atoms with Gasteiger partial charge in [-0.25, -0.2) is 9.18 Å². The van der Waals surface area contributed by atoms with Crippen molar-refractivity contribution in [1.29, 1.82) is 0 Å². The van der Waals surface area contributed by atoms with E-state index in [9.17, 15) is 24.1 Å². The van der Waals surface area contributed by atoms with Crippen molar-refractivity contribution >= 4 is 17.4 Å². The van der Waals surface area contributed by atoms with Crippen LogP contribution in [0.15, 0.2) is 54.6 Å². The molecule has 0 bridgehead atoms. The van der Waals surface area contributed by atoms with Crippen molar-refractivity contribution in [1.82, 2.24) is 4.57 Å². The first-order valence-electron chi connectivity index (χ1n) is 8.69. The molecule has 0 aliphatic heterocycles. The molecule has 0 atom stereocenters. The minimum atomic E-state index is -0.964. The van der Waals surface area contributed by atoms with Crippen LogP contribution in [-0.4, -0.2) is 27.8 Å². The summed E-state index contributed by atoms with van der Waals surface area (Å²) in [6, 6.07) is 13.1. The third kappa shape index (κ3) is 3.91. The molecule has 3 rings (SSSR count). The van der Waals surface area contributed by atoms with Gasteiger partial charge in [-0.05, 0) is 38.1 Å². The normalized spacial score (nSPS) is 10.6. The van der Waals surface area contributed by atoms with Crippen LogP contribution in [0.4, 0.5) is 10.1 Å². The SMILES string of the molecule is Cc1cc(C(=O)COC(=O)c2ccccc2[N+](=O)[O-])c(C)n1-c1ccccc1F. The lowest BCUT2D eigenvalue weighted by Gasteiger charge is -2.11. The smallest absolute Gasteiger partial charge is 0.345 e. The first-order chi connectivity index (χ1) is 13.8. The number of hydrogen-bond acceptors (Lipinski definition) is 5. The van der Waals surface area contributed by atoms with Crippen LogP contribution >= 0.6 is 0 Å². The Labute approximate surface area is 165 Å². The Kier molecular flexibility index (Phi) is 5.54. The number of para-hydroxylation sites is 2. The van der Waals surface area contributed by atoms with Gasteiger partial charge in [0.2, 0.25) is 5.78 Å². The van der Waals surface area contributed by atoms with Crippen molar-refractivity contribution in [3.05, 3.63) is 93.0 Å². The lowest BCUT2D eigenvalue weighted by atomic mass is 10.1. The van der Waals surface area contributed by atoms with Gasteiger partial charge in [0.15, 0.2) is 6.61 Å². The number of benzene rings is 2. The number of ketones is 1. The van der Waals surface area contributed by atoms with Crippen LogP contribution < -0.4 is 0 Å². The lowest BCUT2D eigenvalue weighted by molar-refractivity contribution is -0.385. The number of ether oxygens (including phenoxy) is 1. The number of nitro groups is 1. The fourth-order valence-corrected chi connectivity index (χ4v) is 3.14. The van der Waals surface area contributed by atoms with Crippen LogP contribution in [0.1, 0.15) is 32.1 Å². The van der Waals surface area contributed by atoms with Crippen LogP contribution in [0, 0.1) is 29.8 Å².